The quantitative estimate of drug-likeness (QED) is 0.0257. The molecule has 0 bridgehead atoms. The first kappa shape index (κ1) is 58.8. The van der Waals surface area contributed by atoms with Gasteiger partial charge in [-0.15, -0.1) is 0 Å². The third-order valence-corrected chi connectivity index (χ3v) is 14.3. The fourth-order valence-corrected chi connectivity index (χ4v) is 9.61. The minimum absolute atomic E-state index is 0.139. The average molecular weight is 895 g/mol. The molecule has 0 aromatic carbocycles. The summed E-state index contributed by atoms with van der Waals surface area (Å²) in [5, 5.41) is 50.6. The molecule has 12 atom stereocenters. The Kier molecular flexibility index (Phi) is 32.1. The van der Waals surface area contributed by atoms with Crippen LogP contribution in [-0.2, 0) is 23.1 Å². The largest absolute Gasteiger partial charge is 0.472 e. The van der Waals surface area contributed by atoms with Gasteiger partial charge in [-0.3, -0.25) is 9.05 Å². The smallest absolute Gasteiger partial charge is 0.387 e. The maximum absolute atomic E-state index is 13.0. The van der Waals surface area contributed by atoms with Gasteiger partial charge in [0.25, 0.3) is 0 Å². The molecule has 1 fully saturated rings. The van der Waals surface area contributed by atoms with Gasteiger partial charge >= 0.3 is 7.82 Å². The number of ether oxygens (including phenoxy) is 2. The highest BCUT2D eigenvalue weighted by Gasteiger charge is 2.51. The Morgan fingerprint density at radius 3 is 1.10 bits per heavy atom. The molecule has 6 N–H and O–H groups in total. The Labute approximate surface area is 374 Å². The van der Waals surface area contributed by atoms with Crippen molar-refractivity contribution in [2.24, 2.45) is 47.3 Å². The molecule has 366 valence electrons. The summed E-state index contributed by atoms with van der Waals surface area (Å²) in [6.07, 6.45) is 12.6. The van der Waals surface area contributed by atoms with Crippen LogP contribution in [0.3, 0.4) is 0 Å². The highest BCUT2D eigenvalue weighted by Crippen LogP contribution is 2.47. The van der Waals surface area contributed by atoms with Crippen molar-refractivity contribution in [3.05, 3.63) is 0 Å². The molecule has 61 heavy (non-hydrogen) atoms. The summed E-state index contributed by atoms with van der Waals surface area (Å²) >= 11 is 0. The fourth-order valence-electron chi connectivity index (χ4n) is 8.64. The fraction of sp³-hybridized carbons (Fsp3) is 1.00. The number of hydrogen-bond donors (Lipinski definition) is 6. The Balaban J connectivity index is 2.55. The molecule has 0 radical (unpaired) electrons. The molecule has 0 heterocycles. The van der Waals surface area contributed by atoms with Gasteiger partial charge in [-0.05, 0) is 60.2 Å². The van der Waals surface area contributed by atoms with Crippen molar-refractivity contribution < 1.29 is 53.5 Å². The summed E-state index contributed by atoms with van der Waals surface area (Å²) in [6.45, 7) is 24.0. The van der Waals surface area contributed by atoms with Gasteiger partial charge in [0.1, 0.15) is 42.7 Å². The van der Waals surface area contributed by atoms with Crippen molar-refractivity contribution in [2.75, 3.05) is 26.4 Å². The van der Waals surface area contributed by atoms with Gasteiger partial charge in [0, 0.05) is 13.2 Å². The van der Waals surface area contributed by atoms with Gasteiger partial charge in [-0.25, -0.2) is 4.57 Å². The van der Waals surface area contributed by atoms with Crippen LogP contribution in [0.2, 0.25) is 0 Å². The minimum atomic E-state index is -4.92. The number of phosphoric acid groups is 1. The summed E-state index contributed by atoms with van der Waals surface area (Å²) < 4.78 is 35.5. The summed E-state index contributed by atoms with van der Waals surface area (Å²) in [7, 11) is -4.92. The zero-order valence-corrected chi connectivity index (χ0v) is 41.7. The molecule has 0 amide bonds. The van der Waals surface area contributed by atoms with E-state index in [9.17, 15) is 35.0 Å². The van der Waals surface area contributed by atoms with Gasteiger partial charge in [-0.1, -0.05) is 185 Å². The van der Waals surface area contributed by atoms with E-state index in [4.69, 9.17) is 18.5 Å². The van der Waals surface area contributed by atoms with Crippen LogP contribution >= 0.6 is 7.82 Å². The van der Waals surface area contributed by atoms with Crippen LogP contribution < -0.4 is 0 Å². The Morgan fingerprint density at radius 1 is 0.426 bits per heavy atom. The van der Waals surface area contributed by atoms with Crippen LogP contribution in [0, 0.1) is 47.3 Å². The number of phosphoric ester groups is 1. The molecule has 0 aromatic heterocycles. The van der Waals surface area contributed by atoms with E-state index in [1.54, 1.807) is 0 Å². The standard InChI is InChI=1S/C49H99O11P/c1-35(2)17-11-19-37(5)21-13-23-39(7)25-15-27-41(9)29-31-57-33-43(34-59-61(55,56)60-49-47(53)45(51)44(50)46(52)48(49)54)58-32-30-42(10)28-16-26-40(8)24-14-22-38(6)20-12-18-36(3)4/h35-54H,11-34H2,1-10H3,(H,55,56). The monoisotopic (exact) mass is 895 g/mol. The third kappa shape index (κ3) is 28.5. The first-order valence-electron chi connectivity index (χ1n) is 25.0. The predicted octanol–water partition coefficient (Wildman–Crippen LogP) is 10.6. The summed E-state index contributed by atoms with van der Waals surface area (Å²) in [4.78, 5) is 10.5. The van der Waals surface area contributed by atoms with Crippen LogP contribution in [0.5, 0.6) is 0 Å². The van der Waals surface area contributed by atoms with Crippen LogP contribution in [0.25, 0.3) is 0 Å². The Bertz CT molecular complexity index is 1080. The second-order valence-electron chi connectivity index (χ2n) is 20.9. The van der Waals surface area contributed by atoms with Crippen LogP contribution in [0.1, 0.15) is 198 Å². The van der Waals surface area contributed by atoms with Gasteiger partial charge < -0.3 is 39.9 Å². The van der Waals surface area contributed by atoms with Crippen molar-refractivity contribution in [3.63, 3.8) is 0 Å². The Morgan fingerprint density at radius 2 is 0.738 bits per heavy atom. The lowest BCUT2D eigenvalue weighted by Gasteiger charge is -2.41. The molecule has 12 unspecified atom stereocenters. The van der Waals surface area contributed by atoms with E-state index in [2.05, 4.69) is 69.2 Å². The van der Waals surface area contributed by atoms with E-state index in [1.165, 1.54) is 103 Å². The molecule has 11 nitrogen and oxygen atoms in total. The lowest BCUT2D eigenvalue weighted by atomic mass is 9.85. The third-order valence-electron chi connectivity index (χ3n) is 13.3. The van der Waals surface area contributed by atoms with Crippen LogP contribution in [0.4, 0.5) is 0 Å². The van der Waals surface area contributed by atoms with Crippen LogP contribution in [0.15, 0.2) is 0 Å². The molecule has 1 saturated carbocycles. The van der Waals surface area contributed by atoms with E-state index >= 15 is 0 Å². The van der Waals surface area contributed by atoms with Gasteiger partial charge in [0.2, 0.25) is 0 Å². The molecule has 0 aliphatic heterocycles. The van der Waals surface area contributed by atoms with Crippen molar-refractivity contribution in [2.45, 2.75) is 240 Å². The molecule has 0 aromatic rings. The van der Waals surface area contributed by atoms with Crippen LogP contribution in [-0.4, -0.2) is 99.6 Å². The molecule has 1 aliphatic rings. The molecule has 12 heteroatoms. The van der Waals surface area contributed by atoms with Gasteiger partial charge in [-0.2, -0.15) is 0 Å². The lowest BCUT2D eigenvalue weighted by Crippen LogP contribution is -2.64. The maximum atomic E-state index is 13.0. The normalized spacial score (nSPS) is 25.6. The van der Waals surface area contributed by atoms with Crippen molar-refractivity contribution in [3.8, 4) is 0 Å². The van der Waals surface area contributed by atoms with E-state index in [0.29, 0.717) is 31.0 Å². The molecule has 0 saturated heterocycles. The average Bonchev–Trinajstić information content (AvgIpc) is 3.18. The molecular weight excluding hydrogens is 796 g/mol. The summed E-state index contributed by atoms with van der Waals surface area (Å²) in [6, 6.07) is 0. The highest BCUT2D eigenvalue weighted by atomic mass is 31.2. The lowest BCUT2D eigenvalue weighted by molar-refractivity contribution is -0.220. The maximum Gasteiger partial charge on any atom is 0.472 e. The zero-order valence-electron chi connectivity index (χ0n) is 40.8. The number of hydrogen-bond acceptors (Lipinski definition) is 10. The number of aliphatic hydroxyl groups is 5. The van der Waals surface area contributed by atoms with E-state index in [1.807, 2.05) is 0 Å². The molecule has 0 spiro atoms. The highest BCUT2D eigenvalue weighted by molar-refractivity contribution is 7.47. The van der Waals surface area contributed by atoms with Crippen molar-refractivity contribution in [1.29, 1.82) is 0 Å². The summed E-state index contributed by atoms with van der Waals surface area (Å²) in [5.74, 6) is 5.61. The topological polar surface area (TPSA) is 175 Å². The van der Waals surface area contributed by atoms with Crippen molar-refractivity contribution >= 4 is 7.82 Å². The van der Waals surface area contributed by atoms with Gasteiger partial charge in [0.15, 0.2) is 0 Å². The zero-order chi connectivity index (χ0) is 46.0. The van der Waals surface area contributed by atoms with E-state index in [-0.39, 0.29) is 13.2 Å². The Hall–Kier alpha value is -0.170. The molecule has 1 rings (SSSR count). The number of aliphatic hydroxyl groups excluding tert-OH is 5. The number of rotatable bonds is 38. The minimum Gasteiger partial charge on any atom is -0.387 e. The predicted molar refractivity (Wildman–Crippen MR) is 248 cm³/mol. The SMILES string of the molecule is CC(C)CCCC(C)CCCC(C)CCCC(C)CCOCC(COP(=O)(O)OC1C(O)C(O)C(O)C(O)C1O)OCCC(C)CCCC(C)CCCC(C)CCCC(C)C. The second kappa shape index (κ2) is 33.3. The molecular formula is C49H99O11P. The van der Waals surface area contributed by atoms with E-state index < -0.39 is 50.6 Å². The first-order valence-corrected chi connectivity index (χ1v) is 26.5. The van der Waals surface area contributed by atoms with E-state index in [0.717, 1.165) is 55.3 Å². The first-order chi connectivity index (χ1) is 28.7. The van der Waals surface area contributed by atoms with Crippen molar-refractivity contribution in [1.82, 2.24) is 0 Å². The molecule has 1 aliphatic carbocycles. The summed E-state index contributed by atoms with van der Waals surface area (Å²) in [5.41, 5.74) is 0. The van der Waals surface area contributed by atoms with Gasteiger partial charge in [0.05, 0.1) is 13.2 Å². The second-order valence-corrected chi connectivity index (χ2v) is 22.3.